The molecule has 1 saturated heterocycles. The third-order valence-electron chi connectivity index (χ3n) is 8.89. The van der Waals surface area contributed by atoms with Gasteiger partial charge in [0.15, 0.2) is 0 Å². The maximum Gasteiger partial charge on any atom is 0.416 e. The molecule has 52 heavy (non-hydrogen) atoms. The fraction of sp³-hybridized carbons (Fsp3) is 0.548. The van der Waals surface area contributed by atoms with Gasteiger partial charge in [0.25, 0.3) is 0 Å². The van der Waals surface area contributed by atoms with E-state index in [9.17, 15) is 81.2 Å². The number of rotatable bonds is 9. The van der Waals surface area contributed by atoms with Crippen LogP contribution < -0.4 is 0 Å². The standard InChI is InChI=1S/C31H39F7N4O10/c1-15-10-21(32)6-7-23(15)24-14-22(41(26(45)46)30(49,50)31(51,52)42(17(3)43)27(4,47)48)8-9-40(24)25(44)39(5)16(2)18-11-19(28(33,34)35)13-20(12-18)29(36,37)38/h6-7,10-13,16,22,24,26,45-52H,8-9,14H2,1-5H3. The molecule has 1 aliphatic rings. The molecule has 14 nitrogen and oxygen atoms in total. The van der Waals surface area contributed by atoms with Gasteiger partial charge in [-0.3, -0.25) is 4.79 Å². The SMILES string of the molecule is CC(=O)N(C(C)(O)O)C(O)(O)C(O)(O)N(C(O)O)C1CCN(C(=O)N(C)C(C)c2cc(C(F)(F)F)cc(C(F)(F)F)c2)C(c2ccc(F)cc2C)C1. The maximum atomic E-state index is 14.1. The van der Waals surface area contributed by atoms with Crippen molar-refractivity contribution >= 4 is 11.9 Å². The van der Waals surface area contributed by atoms with E-state index in [0.29, 0.717) is 26.0 Å². The van der Waals surface area contributed by atoms with Gasteiger partial charge in [-0.25, -0.2) is 14.1 Å². The number of urea groups is 1. The van der Waals surface area contributed by atoms with Gasteiger partial charge in [0.2, 0.25) is 18.2 Å². The molecule has 1 fully saturated rings. The fourth-order valence-electron chi connectivity index (χ4n) is 6.29. The first-order valence-corrected chi connectivity index (χ1v) is 15.3. The monoisotopic (exact) mass is 760 g/mol. The number of hydrogen-bond donors (Lipinski definition) is 8. The summed E-state index contributed by atoms with van der Waals surface area (Å²) in [6.07, 6.45) is -14.5. The summed E-state index contributed by atoms with van der Waals surface area (Å²) in [6.45, 7) is 3.06. The fourth-order valence-corrected chi connectivity index (χ4v) is 6.29. The number of alkyl halides is 6. The molecule has 3 atom stereocenters. The van der Waals surface area contributed by atoms with E-state index in [1.807, 2.05) is 0 Å². The molecule has 2 aromatic carbocycles. The van der Waals surface area contributed by atoms with Crippen molar-refractivity contribution < 1.29 is 81.2 Å². The normalized spacial score (nSPS) is 18.5. The van der Waals surface area contributed by atoms with E-state index in [-0.39, 0.29) is 22.1 Å². The minimum Gasteiger partial charge on any atom is -0.356 e. The number of nitrogens with zero attached hydrogens (tertiary/aromatic N) is 4. The molecule has 3 rings (SSSR count). The van der Waals surface area contributed by atoms with Gasteiger partial charge in [0.1, 0.15) is 5.82 Å². The summed E-state index contributed by atoms with van der Waals surface area (Å²) in [4.78, 5) is 27.3. The lowest BCUT2D eigenvalue weighted by molar-refractivity contribution is -0.503. The number of halogens is 7. The van der Waals surface area contributed by atoms with Crippen LogP contribution in [0.1, 0.15) is 73.5 Å². The van der Waals surface area contributed by atoms with Gasteiger partial charge in [-0.05, 0) is 73.7 Å². The van der Waals surface area contributed by atoms with Gasteiger partial charge in [-0.1, -0.05) is 6.07 Å². The van der Waals surface area contributed by atoms with Crippen LogP contribution in [-0.4, -0.2) is 116 Å². The van der Waals surface area contributed by atoms with Crippen LogP contribution >= 0.6 is 0 Å². The van der Waals surface area contributed by atoms with Crippen LogP contribution in [0.5, 0.6) is 0 Å². The van der Waals surface area contributed by atoms with Crippen LogP contribution in [0.2, 0.25) is 0 Å². The number of aryl methyl sites for hydroxylation is 1. The Morgan fingerprint density at radius 1 is 0.885 bits per heavy atom. The first-order valence-electron chi connectivity index (χ1n) is 15.3. The molecule has 1 heterocycles. The number of hydrogen-bond acceptors (Lipinski definition) is 11. The summed E-state index contributed by atoms with van der Waals surface area (Å²) in [5, 5.41) is 84.1. The number of likely N-dealkylation sites (tertiary alicyclic amines) is 1. The van der Waals surface area contributed by atoms with Crippen molar-refractivity contribution in [2.24, 2.45) is 0 Å². The van der Waals surface area contributed by atoms with Crippen molar-refractivity contribution in [2.75, 3.05) is 13.6 Å². The van der Waals surface area contributed by atoms with Crippen molar-refractivity contribution in [3.8, 4) is 0 Å². The highest BCUT2D eigenvalue weighted by Gasteiger charge is 2.64. The Balaban J connectivity index is 2.11. The summed E-state index contributed by atoms with van der Waals surface area (Å²) in [5.41, 5.74) is -3.46. The third-order valence-corrected chi connectivity index (χ3v) is 8.89. The Kier molecular flexibility index (Phi) is 12.0. The molecule has 1 aliphatic heterocycles. The van der Waals surface area contributed by atoms with Crippen molar-refractivity contribution in [3.05, 3.63) is 70.0 Å². The third kappa shape index (κ3) is 8.58. The molecule has 0 aliphatic carbocycles. The molecular formula is C31H39F7N4O10. The zero-order valence-electron chi connectivity index (χ0n) is 28.2. The van der Waals surface area contributed by atoms with Crippen LogP contribution in [0, 0.1) is 12.7 Å². The zero-order chi connectivity index (χ0) is 40.1. The Morgan fingerprint density at radius 3 is 1.83 bits per heavy atom. The van der Waals surface area contributed by atoms with Crippen molar-refractivity contribution in [3.63, 3.8) is 0 Å². The predicted octanol–water partition coefficient (Wildman–Crippen LogP) is 1.84. The number of benzene rings is 2. The zero-order valence-corrected chi connectivity index (χ0v) is 28.2. The van der Waals surface area contributed by atoms with Crippen LogP contribution in [0.3, 0.4) is 0 Å². The highest BCUT2D eigenvalue weighted by molar-refractivity contribution is 5.76. The number of piperidine rings is 1. The lowest BCUT2D eigenvalue weighted by Crippen LogP contribution is -2.78. The highest BCUT2D eigenvalue weighted by atomic mass is 19.4. The molecule has 0 saturated carbocycles. The van der Waals surface area contributed by atoms with Gasteiger partial charge in [-0.2, -0.15) is 31.2 Å². The summed E-state index contributed by atoms with van der Waals surface area (Å²) in [7, 11) is 1.08. The van der Waals surface area contributed by atoms with Gasteiger partial charge in [-0.15, -0.1) is 0 Å². The topological polar surface area (TPSA) is 209 Å². The lowest BCUT2D eigenvalue weighted by Gasteiger charge is -2.53. The molecule has 3 unspecified atom stereocenters. The minimum atomic E-state index is -5.18. The summed E-state index contributed by atoms with van der Waals surface area (Å²) < 4.78 is 95.6. The molecule has 2 aromatic rings. The van der Waals surface area contributed by atoms with E-state index in [0.717, 1.165) is 35.9 Å². The van der Waals surface area contributed by atoms with Crippen molar-refractivity contribution in [1.82, 2.24) is 19.6 Å². The Labute approximate surface area is 291 Å². The van der Waals surface area contributed by atoms with Crippen LogP contribution in [-0.2, 0) is 17.1 Å². The largest absolute Gasteiger partial charge is 0.416 e. The van der Waals surface area contributed by atoms with E-state index in [2.05, 4.69) is 0 Å². The molecule has 0 bridgehead atoms. The van der Waals surface area contributed by atoms with E-state index in [1.54, 1.807) is 0 Å². The lowest BCUT2D eigenvalue weighted by atomic mass is 9.88. The van der Waals surface area contributed by atoms with Gasteiger partial charge in [0, 0.05) is 33.5 Å². The predicted molar refractivity (Wildman–Crippen MR) is 161 cm³/mol. The van der Waals surface area contributed by atoms with Crippen molar-refractivity contribution in [2.45, 2.75) is 95.2 Å². The van der Waals surface area contributed by atoms with Crippen LogP contribution in [0.15, 0.2) is 36.4 Å². The molecule has 292 valence electrons. The second kappa shape index (κ2) is 14.6. The van der Waals surface area contributed by atoms with Crippen LogP contribution in [0.4, 0.5) is 35.5 Å². The average molecular weight is 761 g/mol. The molecule has 3 amide bonds. The molecule has 0 spiro atoms. The average Bonchev–Trinajstić information content (AvgIpc) is 2.97. The number of aliphatic hydroxyl groups is 8. The van der Waals surface area contributed by atoms with Gasteiger partial charge < -0.3 is 50.7 Å². The molecule has 0 aromatic heterocycles. The highest BCUT2D eigenvalue weighted by Crippen LogP contribution is 2.42. The molecule has 0 radical (unpaired) electrons. The first-order chi connectivity index (χ1) is 23.4. The second-order valence-electron chi connectivity index (χ2n) is 12.6. The number of amides is 3. The quantitative estimate of drug-likeness (QED) is 0.137. The summed E-state index contributed by atoms with van der Waals surface area (Å²) in [5.74, 6) is -14.5. The number of aliphatic hydroxyl groups excluding tert-OH is 1. The molecular weight excluding hydrogens is 721 g/mol. The van der Waals surface area contributed by atoms with Crippen LogP contribution in [0.25, 0.3) is 0 Å². The molecule has 8 N–H and O–H groups in total. The summed E-state index contributed by atoms with van der Waals surface area (Å²) in [6, 6.07) is -1.33. The van der Waals surface area contributed by atoms with Crippen molar-refractivity contribution in [1.29, 1.82) is 0 Å². The first kappa shape index (κ1) is 42.7. The Hall–Kier alpha value is -3.67. The Morgan fingerprint density at radius 2 is 1.40 bits per heavy atom. The number of carbonyl (C=O) groups excluding carboxylic acids is 2. The number of carbonyl (C=O) groups is 2. The van der Waals surface area contributed by atoms with E-state index in [4.69, 9.17) is 0 Å². The smallest absolute Gasteiger partial charge is 0.356 e. The molecule has 21 heteroatoms. The van der Waals surface area contributed by atoms with E-state index in [1.165, 1.54) is 13.0 Å². The summed E-state index contributed by atoms with van der Waals surface area (Å²) >= 11 is 0. The second-order valence-corrected chi connectivity index (χ2v) is 12.6. The maximum absolute atomic E-state index is 14.1. The Bertz CT molecular complexity index is 1600. The van der Waals surface area contributed by atoms with E-state index < -0.39 is 113 Å². The minimum absolute atomic E-state index is 0.0789. The van der Waals surface area contributed by atoms with Gasteiger partial charge >= 0.3 is 30.2 Å². The van der Waals surface area contributed by atoms with Gasteiger partial charge in [0.05, 0.1) is 23.2 Å². The van der Waals surface area contributed by atoms with E-state index >= 15 is 0 Å².